The maximum Gasteiger partial charge on any atom is 0.409 e. The van der Waals surface area contributed by atoms with Crippen LogP contribution >= 0.6 is 15.9 Å². The lowest BCUT2D eigenvalue weighted by Gasteiger charge is -2.35. The quantitative estimate of drug-likeness (QED) is 0.621. The number of aryl methyl sites for hydroxylation is 2. The third-order valence-corrected chi connectivity index (χ3v) is 6.46. The summed E-state index contributed by atoms with van der Waals surface area (Å²) in [6, 6.07) is -1.07. The van der Waals surface area contributed by atoms with Gasteiger partial charge in [0.05, 0.1) is 28.2 Å². The van der Waals surface area contributed by atoms with E-state index in [0.717, 1.165) is 10.2 Å². The Labute approximate surface area is 201 Å². The molecule has 0 spiro atoms. The minimum Gasteiger partial charge on any atom is -0.450 e. The smallest absolute Gasteiger partial charge is 0.409 e. The van der Waals surface area contributed by atoms with Gasteiger partial charge in [0.2, 0.25) is 11.8 Å². The number of halogens is 1. The van der Waals surface area contributed by atoms with Crippen molar-refractivity contribution in [2.75, 3.05) is 38.1 Å². The van der Waals surface area contributed by atoms with Gasteiger partial charge in [-0.3, -0.25) is 19.0 Å². The van der Waals surface area contributed by atoms with E-state index < -0.39 is 12.1 Å². The fourth-order valence-corrected chi connectivity index (χ4v) is 3.81. The Morgan fingerprint density at radius 3 is 2.15 bits per heavy atom. The summed E-state index contributed by atoms with van der Waals surface area (Å²) in [6.45, 7) is 11.0. The molecule has 0 aromatic carbocycles. The predicted molar refractivity (Wildman–Crippen MR) is 125 cm³/mol. The van der Waals surface area contributed by atoms with Gasteiger partial charge in [-0.15, -0.1) is 0 Å². The van der Waals surface area contributed by atoms with E-state index in [1.165, 1.54) is 0 Å². The molecule has 2 unspecified atom stereocenters. The van der Waals surface area contributed by atoms with Crippen LogP contribution in [-0.2, 0) is 14.3 Å². The number of hydrogen-bond donors (Lipinski definition) is 1. The number of hydrogen-bond acceptors (Lipinski definition) is 6. The summed E-state index contributed by atoms with van der Waals surface area (Å²) in [7, 11) is 0. The number of piperazine rings is 1. The van der Waals surface area contributed by atoms with Gasteiger partial charge in [0, 0.05) is 38.6 Å². The van der Waals surface area contributed by atoms with E-state index in [1.807, 2.05) is 6.92 Å². The monoisotopic (exact) mass is 523 g/mol. The first kappa shape index (κ1) is 24.7. The molecule has 1 fully saturated rings. The molecule has 1 aliphatic heterocycles. The van der Waals surface area contributed by atoms with E-state index in [9.17, 15) is 14.4 Å². The molecule has 11 nitrogen and oxygen atoms in total. The highest BCUT2D eigenvalue weighted by Crippen LogP contribution is 2.21. The molecule has 0 radical (unpaired) electrons. The first-order chi connectivity index (χ1) is 15.6. The fourth-order valence-electron chi connectivity index (χ4n) is 3.52. The molecule has 1 saturated heterocycles. The minimum absolute atomic E-state index is 0.0934. The minimum atomic E-state index is -0.550. The van der Waals surface area contributed by atoms with Gasteiger partial charge in [0.25, 0.3) is 0 Å². The Bertz CT molecular complexity index is 1010. The van der Waals surface area contributed by atoms with Crippen LogP contribution in [0.5, 0.6) is 0 Å². The molecule has 3 rings (SSSR count). The summed E-state index contributed by atoms with van der Waals surface area (Å²) >= 11 is 3.40. The van der Waals surface area contributed by atoms with Crippen LogP contribution < -0.4 is 5.32 Å². The zero-order valence-electron chi connectivity index (χ0n) is 19.5. The second-order valence-electron chi connectivity index (χ2n) is 8.00. The highest BCUT2D eigenvalue weighted by Gasteiger charge is 2.29. The molecule has 3 heterocycles. The fraction of sp³-hybridized carbons (Fsp3) is 0.571. The number of amides is 3. The summed E-state index contributed by atoms with van der Waals surface area (Å²) in [6.07, 6.45) is 3.08. The molecule has 2 aromatic rings. The molecule has 1 aliphatic rings. The van der Waals surface area contributed by atoms with Crippen molar-refractivity contribution in [1.29, 1.82) is 0 Å². The lowest BCUT2D eigenvalue weighted by atomic mass is 10.2. The van der Waals surface area contributed by atoms with Crippen molar-refractivity contribution in [3.05, 3.63) is 28.3 Å². The number of carbonyl (C=O) groups excluding carboxylic acids is 3. The maximum absolute atomic E-state index is 13.0. The molecule has 2 atom stereocenters. The second-order valence-corrected chi connectivity index (χ2v) is 8.86. The zero-order chi connectivity index (χ0) is 24.3. The molecule has 180 valence electrons. The first-order valence-electron chi connectivity index (χ1n) is 10.9. The van der Waals surface area contributed by atoms with Gasteiger partial charge in [-0.1, -0.05) is 0 Å². The SMILES string of the molecule is CCOC(=O)N1CCN(C(=O)C(C)n2cc(NC(=O)C(C)n3cc(Br)c(C)n3)c(C)n2)CC1. The molecule has 0 aliphatic carbocycles. The molecular formula is C21H30BrN7O4. The van der Waals surface area contributed by atoms with Crippen LogP contribution in [0.4, 0.5) is 10.5 Å². The van der Waals surface area contributed by atoms with Gasteiger partial charge in [0.15, 0.2) is 0 Å². The average Bonchev–Trinajstić information content (AvgIpc) is 3.33. The topological polar surface area (TPSA) is 115 Å². The standard InChI is InChI=1S/C21H30BrN7O4/c1-6-33-21(32)27-9-7-26(8-10-27)20(31)16(5)29-12-18(14(3)25-29)23-19(30)15(4)28-11-17(22)13(2)24-28/h11-12,15-16H,6-10H2,1-5H3,(H,23,30). The molecular weight excluding hydrogens is 494 g/mol. The van der Waals surface area contributed by atoms with Crippen molar-refractivity contribution >= 4 is 39.5 Å². The van der Waals surface area contributed by atoms with E-state index >= 15 is 0 Å². The number of nitrogens with one attached hydrogen (secondary N) is 1. The van der Waals surface area contributed by atoms with Gasteiger partial charge in [-0.2, -0.15) is 10.2 Å². The third-order valence-electron chi connectivity index (χ3n) is 5.68. The molecule has 12 heteroatoms. The molecule has 1 N–H and O–H groups in total. The lowest BCUT2D eigenvalue weighted by Crippen LogP contribution is -2.52. The van der Waals surface area contributed by atoms with Crippen LogP contribution in [0.2, 0.25) is 0 Å². The number of nitrogens with zero attached hydrogens (tertiary/aromatic N) is 6. The first-order valence-corrected chi connectivity index (χ1v) is 11.7. The Kier molecular flexibility index (Phi) is 7.77. The molecule has 0 saturated carbocycles. The summed E-state index contributed by atoms with van der Waals surface area (Å²) in [5.74, 6) is -0.328. The van der Waals surface area contributed by atoms with E-state index in [2.05, 4.69) is 31.4 Å². The van der Waals surface area contributed by atoms with E-state index in [-0.39, 0.29) is 17.9 Å². The number of anilines is 1. The second kappa shape index (κ2) is 10.4. The van der Waals surface area contributed by atoms with Gasteiger partial charge in [0.1, 0.15) is 12.1 Å². The number of rotatable bonds is 6. The molecule has 2 aromatic heterocycles. The van der Waals surface area contributed by atoms with E-state index in [0.29, 0.717) is 44.2 Å². The lowest BCUT2D eigenvalue weighted by molar-refractivity contribution is -0.136. The van der Waals surface area contributed by atoms with Gasteiger partial charge in [-0.25, -0.2) is 4.79 Å². The molecule has 33 heavy (non-hydrogen) atoms. The zero-order valence-corrected chi connectivity index (χ0v) is 21.1. The van der Waals surface area contributed by atoms with Crippen molar-refractivity contribution in [3.8, 4) is 0 Å². The molecule has 0 bridgehead atoms. The van der Waals surface area contributed by atoms with Gasteiger partial charge < -0.3 is 19.9 Å². The Hall–Kier alpha value is -2.89. The van der Waals surface area contributed by atoms with Crippen molar-refractivity contribution in [3.63, 3.8) is 0 Å². The number of carbonyl (C=O) groups is 3. The van der Waals surface area contributed by atoms with Gasteiger partial charge >= 0.3 is 6.09 Å². The van der Waals surface area contributed by atoms with Crippen LogP contribution in [0.3, 0.4) is 0 Å². The third kappa shape index (κ3) is 5.55. The number of ether oxygens (including phenoxy) is 1. The van der Waals surface area contributed by atoms with Crippen molar-refractivity contribution in [1.82, 2.24) is 29.4 Å². The summed E-state index contributed by atoms with van der Waals surface area (Å²) < 4.78 is 9.01. The van der Waals surface area contributed by atoms with E-state index in [4.69, 9.17) is 4.74 Å². The summed E-state index contributed by atoms with van der Waals surface area (Å²) in [5, 5.41) is 11.7. The van der Waals surface area contributed by atoms with Gasteiger partial charge in [-0.05, 0) is 50.5 Å². The van der Waals surface area contributed by atoms with Crippen molar-refractivity contribution in [2.45, 2.75) is 46.7 Å². The van der Waals surface area contributed by atoms with Crippen LogP contribution in [-0.4, -0.2) is 80.1 Å². The summed E-state index contributed by atoms with van der Waals surface area (Å²) in [4.78, 5) is 40.9. The average molecular weight is 524 g/mol. The highest BCUT2D eigenvalue weighted by molar-refractivity contribution is 9.10. The van der Waals surface area contributed by atoms with Crippen LogP contribution in [0.15, 0.2) is 16.9 Å². The van der Waals surface area contributed by atoms with Crippen molar-refractivity contribution in [2.24, 2.45) is 0 Å². The van der Waals surface area contributed by atoms with E-state index in [1.54, 1.807) is 59.3 Å². The van der Waals surface area contributed by atoms with Crippen LogP contribution in [0.1, 0.15) is 44.2 Å². The molecule has 3 amide bonds. The predicted octanol–water partition coefficient (Wildman–Crippen LogP) is 2.52. The van der Waals surface area contributed by atoms with Crippen LogP contribution in [0.25, 0.3) is 0 Å². The highest BCUT2D eigenvalue weighted by atomic mass is 79.9. The number of aromatic nitrogens is 4. The van der Waals surface area contributed by atoms with Crippen molar-refractivity contribution < 1.29 is 19.1 Å². The Balaban J connectivity index is 1.61. The summed E-state index contributed by atoms with van der Waals surface area (Å²) in [5.41, 5.74) is 1.95. The Morgan fingerprint density at radius 1 is 1.00 bits per heavy atom. The Morgan fingerprint density at radius 2 is 1.58 bits per heavy atom. The largest absolute Gasteiger partial charge is 0.450 e. The normalized spacial score (nSPS) is 15.8. The maximum atomic E-state index is 13.0. The van der Waals surface area contributed by atoms with Crippen LogP contribution in [0, 0.1) is 13.8 Å².